The van der Waals surface area contributed by atoms with Crippen LogP contribution in [0.2, 0.25) is 0 Å². The molecule has 0 saturated carbocycles. The lowest BCUT2D eigenvalue weighted by atomic mass is 10.1. The molecule has 37 heavy (non-hydrogen) atoms. The van der Waals surface area contributed by atoms with Gasteiger partial charge < -0.3 is 15.6 Å². The molecule has 5 aromatic rings. The Hall–Kier alpha value is -5.58. The van der Waals surface area contributed by atoms with Gasteiger partial charge in [0.1, 0.15) is 0 Å². The average Bonchev–Trinajstić information content (AvgIpc) is 3.26. The van der Waals surface area contributed by atoms with Crippen LogP contribution >= 0.6 is 0 Å². The molecule has 4 aromatic carbocycles. The Bertz CT molecular complexity index is 1580. The molecular formula is C26H17N5O6. The minimum Gasteiger partial charge on any atom is -0.355 e. The molecule has 0 aliphatic carbocycles. The molecule has 3 N–H and O–H groups in total. The quantitative estimate of drug-likeness (QED) is 0.204. The van der Waals surface area contributed by atoms with E-state index in [0.717, 1.165) is 21.8 Å². The highest BCUT2D eigenvalue weighted by Gasteiger charge is 2.14. The Morgan fingerprint density at radius 2 is 0.973 bits per heavy atom. The summed E-state index contributed by atoms with van der Waals surface area (Å²) in [5, 5.41) is 28.5. The van der Waals surface area contributed by atoms with E-state index in [2.05, 4.69) is 15.6 Å². The smallest absolute Gasteiger partial charge is 0.269 e. The number of aromatic amines is 1. The number of aromatic nitrogens is 1. The maximum absolute atomic E-state index is 12.8. The Morgan fingerprint density at radius 1 is 0.595 bits per heavy atom. The van der Waals surface area contributed by atoms with Crippen LogP contribution in [0, 0.1) is 20.2 Å². The van der Waals surface area contributed by atoms with Crippen LogP contribution in [0.15, 0.2) is 84.9 Å². The summed E-state index contributed by atoms with van der Waals surface area (Å²) in [6.07, 6.45) is 0. The first-order chi connectivity index (χ1) is 17.8. The maximum atomic E-state index is 12.8. The number of hydrogen-bond donors (Lipinski definition) is 3. The van der Waals surface area contributed by atoms with Gasteiger partial charge >= 0.3 is 0 Å². The molecule has 0 unspecified atom stereocenters. The minimum atomic E-state index is -0.517. The summed E-state index contributed by atoms with van der Waals surface area (Å²) in [5.74, 6) is -0.783. The number of anilines is 2. The highest BCUT2D eigenvalue weighted by molar-refractivity contribution is 6.14. The molecule has 0 spiro atoms. The summed E-state index contributed by atoms with van der Waals surface area (Å²) in [4.78, 5) is 49.5. The highest BCUT2D eigenvalue weighted by atomic mass is 16.6. The van der Waals surface area contributed by atoms with Crippen molar-refractivity contribution in [3.8, 4) is 0 Å². The number of H-pyrrole nitrogens is 1. The zero-order valence-corrected chi connectivity index (χ0v) is 18.9. The van der Waals surface area contributed by atoms with Crippen LogP contribution in [0.5, 0.6) is 0 Å². The topological polar surface area (TPSA) is 160 Å². The van der Waals surface area contributed by atoms with Crippen LogP contribution in [-0.4, -0.2) is 26.6 Å². The SMILES string of the molecule is O=C(Nc1ccc([N+](=O)[O-])cc1)c1ccc2[nH]c3ccc(C(=O)Nc4ccc([N+](=O)[O-])cc4)cc3c2c1. The molecule has 0 aliphatic heterocycles. The van der Waals surface area contributed by atoms with E-state index in [-0.39, 0.29) is 11.4 Å². The van der Waals surface area contributed by atoms with Gasteiger partial charge in [-0.2, -0.15) is 0 Å². The normalized spacial score (nSPS) is 10.8. The second-order valence-electron chi connectivity index (χ2n) is 8.16. The summed E-state index contributed by atoms with van der Waals surface area (Å²) < 4.78 is 0. The van der Waals surface area contributed by atoms with Gasteiger partial charge in [-0.05, 0) is 60.7 Å². The Kier molecular flexibility index (Phi) is 5.78. The van der Waals surface area contributed by atoms with Gasteiger partial charge in [-0.15, -0.1) is 0 Å². The zero-order chi connectivity index (χ0) is 26.1. The molecular weight excluding hydrogens is 478 g/mol. The second kappa shape index (κ2) is 9.23. The highest BCUT2D eigenvalue weighted by Crippen LogP contribution is 2.28. The summed E-state index contributed by atoms with van der Waals surface area (Å²) >= 11 is 0. The third-order valence-electron chi connectivity index (χ3n) is 5.80. The monoisotopic (exact) mass is 495 g/mol. The van der Waals surface area contributed by atoms with Gasteiger partial charge in [0, 0.05) is 68.6 Å². The number of rotatable bonds is 6. The van der Waals surface area contributed by atoms with Crippen LogP contribution in [0.4, 0.5) is 22.7 Å². The molecule has 0 fully saturated rings. The van der Waals surface area contributed by atoms with E-state index in [1.165, 1.54) is 48.5 Å². The number of hydrogen-bond acceptors (Lipinski definition) is 6. The number of amides is 2. The van der Waals surface area contributed by atoms with Crippen LogP contribution < -0.4 is 10.6 Å². The van der Waals surface area contributed by atoms with E-state index in [9.17, 15) is 29.8 Å². The number of carbonyl (C=O) groups is 2. The standard InChI is InChI=1S/C26H17N5O6/c32-25(27-17-3-7-19(8-4-17)30(34)35)15-1-11-23-21(13-15)22-14-16(2-12-24(22)29-23)26(33)28-18-5-9-20(10-6-18)31(36)37/h1-14,29H,(H,27,32)(H,28,33). The van der Waals surface area contributed by atoms with Crippen molar-refractivity contribution >= 4 is 56.4 Å². The lowest BCUT2D eigenvalue weighted by Gasteiger charge is -2.06. The fourth-order valence-corrected chi connectivity index (χ4v) is 3.92. The number of nitro groups is 2. The number of fused-ring (bicyclic) bond motifs is 3. The van der Waals surface area contributed by atoms with Gasteiger partial charge in [-0.1, -0.05) is 0 Å². The van der Waals surface area contributed by atoms with Crippen LogP contribution in [0.1, 0.15) is 20.7 Å². The Morgan fingerprint density at radius 3 is 1.32 bits per heavy atom. The molecule has 11 nitrogen and oxygen atoms in total. The number of carbonyl (C=O) groups excluding carboxylic acids is 2. The fourth-order valence-electron chi connectivity index (χ4n) is 3.92. The number of nitrogens with zero attached hydrogens (tertiary/aromatic N) is 2. The molecule has 0 saturated heterocycles. The van der Waals surface area contributed by atoms with E-state index in [1.807, 2.05) is 0 Å². The predicted octanol–water partition coefficient (Wildman–Crippen LogP) is 5.64. The molecule has 2 amide bonds. The zero-order valence-electron chi connectivity index (χ0n) is 18.9. The summed E-state index contributed by atoms with van der Waals surface area (Å²) in [5.41, 5.74) is 2.96. The first kappa shape index (κ1) is 23.2. The third-order valence-corrected chi connectivity index (χ3v) is 5.80. The van der Waals surface area contributed by atoms with E-state index >= 15 is 0 Å². The molecule has 0 aliphatic rings. The number of nitro benzene ring substituents is 2. The largest absolute Gasteiger partial charge is 0.355 e. The van der Waals surface area contributed by atoms with Crippen molar-refractivity contribution in [1.29, 1.82) is 0 Å². The summed E-state index contributed by atoms with van der Waals surface area (Å²) in [7, 11) is 0. The van der Waals surface area contributed by atoms with Gasteiger partial charge in [0.2, 0.25) is 0 Å². The second-order valence-corrected chi connectivity index (χ2v) is 8.16. The third kappa shape index (κ3) is 4.68. The van der Waals surface area contributed by atoms with Crippen molar-refractivity contribution in [2.75, 3.05) is 10.6 Å². The lowest BCUT2D eigenvalue weighted by Crippen LogP contribution is -2.12. The molecule has 0 radical (unpaired) electrons. The molecule has 0 atom stereocenters. The molecule has 5 rings (SSSR count). The van der Waals surface area contributed by atoms with Gasteiger partial charge in [-0.25, -0.2) is 0 Å². The van der Waals surface area contributed by atoms with Gasteiger partial charge in [0.05, 0.1) is 9.85 Å². The van der Waals surface area contributed by atoms with E-state index in [0.29, 0.717) is 22.5 Å². The minimum absolute atomic E-state index is 0.0772. The van der Waals surface area contributed by atoms with Crippen molar-refractivity contribution in [2.24, 2.45) is 0 Å². The summed E-state index contributed by atoms with van der Waals surface area (Å²) in [6, 6.07) is 21.3. The van der Waals surface area contributed by atoms with Crippen molar-refractivity contribution in [3.63, 3.8) is 0 Å². The maximum Gasteiger partial charge on any atom is 0.269 e. The summed E-state index contributed by atoms with van der Waals surface area (Å²) in [6.45, 7) is 0. The van der Waals surface area contributed by atoms with E-state index in [1.54, 1.807) is 36.4 Å². The van der Waals surface area contributed by atoms with Crippen molar-refractivity contribution in [3.05, 3.63) is 116 Å². The van der Waals surface area contributed by atoms with Gasteiger partial charge in [0.15, 0.2) is 0 Å². The van der Waals surface area contributed by atoms with E-state index < -0.39 is 21.7 Å². The Labute approximate surface area is 208 Å². The molecule has 11 heteroatoms. The molecule has 0 bridgehead atoms. The first-order valence-corrected chi connectivity index (χ1v) is 11.0. The van der Waals surface area contributed by atoms with Crippen molar-refractivity contribution in [1.82, 2.24) is 4.98 Å². The fraction of sp³-hybridized carbons (Fsp3) is 0. The van der Waals surface area contributed by atoms with Crippen molar-refractivity contribution in [2.45, 2.75) is 0 Å². The molecule has 1 heterocycles. The van der Waals surface area contributed by atoms with E-state index in [4.69, 9.17) is 0 Å². The number of non-ortho nitro benzene ring substituents is 2. The van der Waals surface area contributed by atoms with Crippen LogP contribution in [0.25, 0.3) is 21.8 Å². The van der Waals surface area contributed by atoms with Gasteiger partial charge in [-0.3, -0.25) is 29.8 Å². The lowest BCUT2D eigenvalue weighted by molar-refractivity contribution is -0.385. The molecule has 182 valence electrons. The first-order valence-electron chi connectivity index (χ1n) is 11.0. The predicted molar refractivity (Wildman–Crippen MR) is 138 cm³/mol. The van der Waals surface area contributed by atoms with Crippen LogP contribution in [0.3, 0.4) is 0 Å². The average molecular weight is 495 g/mol. The van der Waals surface area contributed by atoms with Gasteiger partial charge in [0.25, 0.3) is 23.2 Å². The molecule has 1 aromatic heterocycles. The van der Waals surface area contributed by atoms with Crippen LogP contribution in [-0.2, 0) is 0 Å². The van der Waals surface area contributed by atoms with Crippen molar-refractivity contribution < 1.29 is 19.4 Å². The Balaban J connectivity index is 1.40. The number of benzene rings is 4. The number of nitrogens with one attached hydrogen (secondary N) is 3.